The number of ether oxygens (including phenoxy) is 8. The molecule has 2 aliphatic heterocycles. The number of aromatic amines is 2. The Balaban J connectivity index is 0.000000257. The van der Waals surface area contributed by atoms with Gasteiger partial charge in [-0.15, -0.1) is 24.0 Å². The molecule has 0 bridgehead atoms. The molecule has 2 aromatic heterocycles. The second-order valence-electron chi connectivity index (χ2n) is 35.1. The zero-order valence-electron chi connectivity index (χ0n) is 78.4. The van der Waals surface area contributed by atoms with E-state index in [1.807, 2.05) is 218 Å². The van der Waals surface area contributed by atoms with Gasteiger partial charge in [0.1, 0.15) is 81.5 Å². The Hall–Kier alpha value is -11.0. The molecule has 7 atom stereocenters. The summed E-state index contributed by atoms with van der Waals surface area (Å²) in [6.45, 7) is 21.8. The molecule has 28 nitrogen and oxygen atoms in total. The van der Waals surface area contributed by atoms with E-state index in [1.54, 1.807) is 40.6 Å². The first-order valence-electron chi connectivity index (χ1n) is 43.7. The van der Waals surface area contributed by atoms with Gasteiger partial charge >= 0.3 is 121 Å². The van der Waals surface area contributed by atoms with E-state index in [1.165, 1.54) is 21.5 Å². The number of nitrogens with one attached hydrogen (secondary N) is 4. The van der Waals surface area contributed by atoms with Crippen LogP contribution in [0.2, 0.25) is 36.3 Å². The second-order valence-corrected chi connectivity index (χ2v) is 48.3. The number of aldehydes is 1. The minimum absolute atomic E-state index is 0. The zero-order valence-corrected chi connectivity index (χ0v) is 87.1. The molecule has 2 fully saturated rings. The topological polar surface area (TPSA) is 384 Å². The molecular formula is C104H123I3N7O21Si2-. The quantitative estimate of drug-likeness (QED) is 0.00472. The molecule has 2 aliphatic rings. The molecule has 11 aromatic rings. The number of carboxylic acids is 1. The Kier molecular flexibility index (Phi) is 41.9. The van der Waals surface area contributed by atoms with Crippen LogP contribution >= 0.6 is 42.6 Å². The Bertz CT molecular complexity index is 6010. The van der Waals surface area contributed by atoms with Crippen LogP contribution in [0.3, 0.4) is 0 Å². The minimum atomic E-state index is -1.98. The number of nitrogens with zero attached hydrogens (tertiary/aromatic N) is 2. The number of hydrogen-bond donors (Lipinski definition) is 9. The second kappa shape index (κ2) is 51.6. The van der Waals surface area contributed by atoms with Crippen LogP contribution in [0.5, 0.6) is 40.2 Å². The Morgan fingerprint density at radius 2 is 0.861 bits per heavy atom. The standard InChI is InChI=1S/C47H53N3O9Si.C33H33N3O7.C14H22O3Si.C9H10I2NO2.CH4.HI/c1-46(2,3)60(6,7)59-39-21-15-32(16-22-39)28-42(52)48-27-11-12-33-30-50(45(54)49-44(33)53)43-29-40(51)41(58-43)31-57-47(34-13-9-8-10-14-34,35-17-23-37(55-4)24-18-35)36-19-25-38(56-5)26-20-36;1-40-26-14-10-24(11-15-26)33(23-8-4-3-5-9-23,25-12-16-27(41-2)17-13-25)42-21-29-28(37)19-30(43-29)36-20-22(7-6-18-34)31(38)35-32(36)39;1-14(2,3)18(4,5)17-12-8-6-11(7-9-12)10-13(15)16;10-11-12-8(6-13)5-7-1-3-9(14)4-2-7;;/h8-10,13-26,30,40-41,43,51H,27-29,31H2,1-7H3,(H,48,52)(H,49,53,54);3-5,8-17,20,28-30,37H,18-19,21,34H2,1-2H3,(H,35,38,39);6-9H,10H2,1-5H3,(H,15,16);1-4,6,8,12,14H,5H2;1H4;1H/q;;;-1;;/t40-,41-,43-;28-,29-,30-;;8-;;/m11.0../s1. The van der Waals surface area contributed by atoms with E-state index < -0.39 is 93.2 Å². The molecule has 13 rings (SSSR count). The molecule has 0 radical (unpaired) electrons. The summed E-state index contributed by atoms with van der Waals surface area (Å²) in [6, 6.07) is 71.6. The van der Waals surface area contributed by atoms with Gasteiger partial charge in [0.15, 0.2) is 0 Å². The molecule has 10 N–H and O–H groups in total. The van der Waals surface area contributed by atoms with Gasteiger partial charge in [0.05, 0.1) is 79.8 Å². The molecule has 1 amide bonds. The van der Waals surface area contributed by atoms with Gasteiger partial charge in [-0.05, 0) is 154 Å². The summed E-state index contributed by atoms with van der Waals surface area (Å²) in [4.78, 5) is 89.2. The van der Waals surface area contributed by atoms with Gasteiger partial charge in [0, 0.05) is 25.2 Å². The van der Waals surface area contributed by atoms with Crippen LogP contribution in [-0.2, 0) is 63.8 Å². The monoisotopic (exact) mass is 2240 g/mol. The van der Waals surface area contributed by atoms with Crippen molar-refractivity contribution in [1.29, 1.82) is 0 Å². The summed E-state index contributed by atoms with van der Waals surface area (Å²) in [7, 11) is 2.63. The number of benzene rings is 9. The molecule has 0 spiro atoms. The van der Waals surface area contributed by atoms with Crippen molar-refractivity contribution < 1.29 is 99.1 Å². The number of hydrogen-bond acceptors (Lipinski definition) is 22. The number of aliphatic hydroxyl groups excluding tert-OH is 2. The van der Waals surface area contributed by atoms with Crippen LogP contribution in [0.15, 0.2) is 262 Å². The molecule has 0 unspecified atom stereocenters. The van der Waals surface area contributed by atoms with E-state index in [-0.39, 0.29) is 140 Å². The Morgan fingerprint density at radius 3 is 1.19 bits per heavy atom. The van der Waals surface area contributed by atoms with Crippen LogP contribution in [0, 0.1) is 23.7 Å². The third-order valence-electron chi connectivity index (χ3n) is 23.8. The van der Waals surface area contributed by atoms with Gasteiger partial charge in [-0.3, -0.25) is 38.3 Å². The van der Waals surface area contributed by atoms with Crippen molar-refractivity contribution in [2.24, 2.45) is 5.73 Å². The fourth-order valence-electron chi connectivity index (χ4n) is 14.4. The number of carbonyl (C=O) groups excluding carboxylic acids is 2. The number of aliphatic hydroxyl groups is 2. The van der Waals surface area contributed by atoms with Crippen molar-refractivity contribution in [2.75, 3.05) is 54.7 Å². The van der Waals surface area contributed by atoms with E-state index in [0.29, 0.717) is 29.4 Å². The average Bonchev–Trinajstić information content (AvgIpc) is 1.22. The molecule has 0 saturated carbocycles. The normalized spacial score (nSPS) is 15.9. The number of rotatable bonds is 32. The fourth-order valence-corrected chi connectivity index (χ4v) is 19.1. The van der Waals surface area contributed by atoms with Crippen molar-refractivity contribution in [3.05, 3.63) is 346 Å². The summed E-state index contributed by atoms with van der Waals surface area (Å²) in [6.07, 6.45) is -0.763. The molecule has 137 heavy (non-hydrogen) atoms. The van der Waals surface area contributed by atoms with E-state index in [9.17, 15) is 43.8 Å². The van der Waals surface area contributed by atoms with E-state index in [4.69, 9.17) is 62.7 Å². The molecule has 4 heterocycles. The maximum atomic E-state index is 13.1. The molecular weight excluding hydrogens is 2120 g/mol. The third kappa shape index (κ3) is 30.0. The van der Waals surface area contributed by atoms with Crippen molar-refractivity contribution in [3.8, 4) is 63.9 Å². The Morgan fingerprint density at radius 1 is 0.526 bits per heavy atom. The predicted molar refractivity (Wildman–Crippen MR) is 549 cm³/mol. The first-order valence-corrected chi connectivity index (χ1v) is 56.9. The molecule has 730 valence electrons. The first kappa shape index (κ1) is 111. The van der Waals surface area contributed by atoms with Crippen molar-refractivity contribution in [1.82, 2.24) is 27.9 Å². The van der Waals surface area contributed by atoms with E-state index in [0.717, 1.165) is 67.9 Å². The van der Waals surface area contributed by atoms with Gasteiger partial charge in [-0.25, -0.2) is 9.59 Å². The number of halogens is 3. The molecule has 9 aromatic carbocycles. The number of aromatic hydroxyl groups is 1. The van der Waals surface area contributed by atoms with Gasteiger partial charge in [0.2, 0.25) is 22.5 Å². The number of nitrogens with two attached hydrogens (primary N) is 1. The van der Waals surface area contributed by atoms with Crippen molar-refractivity contribution in [2.45, 2.75) is 171 Å². The van der Waals surface area contributed by atoms with Crippen LogP contribution in [0.1, 0.15) is 135 Å². The van der Waals surface area contributed by atoms with Crippen molar-refractivity contribution in [3.63, 3.8) is 0 Å². The number of methoxy groups -OCH3 is 4. The first-order chi connectivity index (χ1) is 64.4. The van der Waals surface area contributed by atoms with Crippen LogP contribution in [-0.4, -0.2) is 160 Å². The molecule has 33 heteroatoms. The number of amides is 1. The number of carbonyl (C=O) groups is 3. The number of aliphatic carboxylic acids is 1. The zero-order chi connectivity index (χ0) is 97.8. The summed E-state index contributed by atoms with van der Waals surface area (Å²) in [5, 5.41) is 43.1. The van der Waals surface area contributed by atoms with Gasteiger partial charge in [0.25, 0.3) is 11.1 Å². The number of carboxylic acid groups (broad SMARTS) is 1. The number of aromatic nitrogens is 4. The third-order valence-corrected chi connectivity index (χ3v) is 35.2. The Labute approximate surface area is 839 Å². The summed E-state index contributed by atoms with van der Waals surface area (Å²) >= 11 is 2.17. The van der Waals surface area contributed by atoms with Crippen LogP contribution < -0.4 is 82.4 Å². The fraction of sp³-hybridized carbons (Fsp3) is 0.337. The van der Waals surface area contributed by atoms with E-state index in [2.05, 4.69) is 129 Å². The predicted octanol–water partition coefficient (Wildman–Crippen LogP) is 12.2. The van der Waals surface area contributed by atoms with Crippen molar-refractivity contribution >= 4 is 77.4 Å². The van der Waals surface area contributed by atoms with E-state index >= 15 is 0 Å². The van der Waals surface area contributed by atoms with Crippen LogP contribution in [0.25, 0.3) is 0 Å². The maximum absolute atomic E-state index is 13.1. The number of H-pyrrole nitrogens is 2. The molecule has 0 aliphatic carbocycles. The number of phenols is 1. The summed E-state index contributed by atoms with van der Waals surface area (Å²) in [5.74, 6) is 14.4. The van der Waals surface area contributed by atoms with Gasteiger partial charge < -0.3 is 73.1 Å². The van der Waals surface area contributed by atoms with Crippen LogP contribution in [0.4, 0.5) is 0 Å². The molecule has 2 saturated heterocycles. The summed E-state index contributed by atoms with van der Waals surface area (Å²) in [5.41, 5.74) is 8.20. The van der Waals surface area contributed by atoms with Gasteiger partial charge in [-0.2, -0.15) is 0 Å². The average molecular weight is 2240 g/mol. The SMILES string of the molecule is C.CC(C)(C)[Si](C)(C)Oc1ccc(CC(=O)O)cc1.COc1ccc(C(OC[C@H]2O[C@@H](n3cc(C#CCN)c(=O)[nH]c3=O)C[C@H]2O)(c2ccccc2)c2ccc(OC)cc2)cc1.COc1ccc(C(OC[C@H]2O[C@@H](n3cc(C#CCNC(=O)Cc4ccc(O[Si](C)(C)C(C)(C)C)cc4)c(=O)[nH]c3=O)C[C@H]2O)(c2ccccc2)c2ccc(OC)cc2)cc1.I.O=C[C@H](Cc1ccc(O)cc1)N[I-]I. The van der Waals surface area contributed by atoms with Gasteiger partial charge in [-0.1, -0.05) is 206 Å². The summed E-state index contributed by atoms with van der Waals surface area (Å²) < 4.78 is 66.0. The number of phenolic OH excluding ortho intramolecular Hbond substituents is 1.